The second kappa shape index (κ2) is 12.2. The van der Waals surface area contributed by atoms with Crippen LogP contribution in [0.4, 0.5) is 123 Å². The van der Waals surface area contributed by atoms with Gasteiger partial charge in [-0.1, -0.05) is 0 Å². The van der Waals surface area contributed by atoms with E-state index in [1.807, 2.05) is 0 Å². The Morgan fingerprint density at radius 3 is 0.617 bits per heavy atom. The number of hydrogen-bond donors (Lipinski definition) is 0. The number of alkyl halides is 28. The second-order valence-electron chi connectivity index (χ2n) is 7.94. The molecule has 284 valence electrons. The molecule has 0 aliphatic rings. The van der Waals surface area contributed by atoms with Crippen LogP contribution in [0.15, 0.2) is 0 Å². The topological polar surface area (TPSA) is 35.5 Å². The minimum Gasteiger partial charge on any atom is -0.343 e. The number of ketones is 1. The summed E-state index contributed by atoms with van der Waals surface area (Å²) in [7, 11) is -1.10. The molecular formula is C16H6F28O3. The first-order chi connectivity index (χ1) is 19.8. The summed E-state index contributed by atoms with van der Waals surface area (Å²) >= 11 is 0. The van der Waals surface area contributed by atoms with E-state index in [0.29, 0.717) is 0 Å². The monoisotopic (exact) mass is 778 g/mol. The van der Waals surface area contributed by atoms with Crippen molar-refractivity contribution in [2.75, 3.05) is 14.2 Å². The third-order valence-electron chi connectivity index (χ3n) is 4.97. The number of ether oxygens (including phenoxy) is 2. The molecule has 0 aromatic rings. The van der Waals surface area contributed by atoms with Crippen molar-refractivity contribution in [3.8, 4) is 0 Å². The fourth-order valence-corrected chi connectivity index (χ4v) is 2.40. The van der Waals surface area contributed by atoms with E-state index in [9.17, 15) is 128 Å². The first-order valence-corrected chi connectivity index (χ1v) is 9.72. The molecule has 0 fully saturated rings. The van der Waals surface area contributed by atoms with Gasteiger partial charge in [-0.05, 0) is 0 Å². The molecule has 0 radical (unpaired) electrons. The molecule has 0 spiro atoms. The molecule has 0 unspecified atom stereocenters. The highest BCUT2D eigenvalue weighted by Gasteiger charge is 2.93. The summed E-state index contributed by atoms with van der Waals surface area (Å²) in [4.78, 5) is 10.2. The predicted octanol–water partition coefficient (Wildman–Crippen LogP) is 8.86. The first-order valence-electron chi connectivity index (χ1n) is 9.72. The Hall–Kier alpha value is -2.37. The van der Waals surface area contributed by atoms with Crippen molar-refractivity contribution in [3.05, 3.63) is 0 Å². The van der Waals surface area contributed by atoms with Gasteiger partial charge in [-0.15, -0.1) is 0 Å². The van der Waals surface area contributed by atoms with Crippen LogP contribution in [0.25, 0.3) is 0 Å². The normalized spacial score (nSPS) is 16.1. The van der Waals surface area contributed by atoms with Crippen LogP contribution in [-0.2, 0) is 14.3 Å². The standard InChI is InChI=1S/C9H6F14O2.C7F14O/c1-24-7(25-2,3(10,11)5(14,15)8(18,19)20)4(12,13)6(16,17)9(21,22)23;8-2(9,4(12,13)6(16,17)18)1(22)3(10,11)5(14,15)7(19,20)21/h1-2H3;. The summed E-state index contributed by atoms with van der Waals surface area (Å²) in [6.07, 6.45) is -29.4. The molecule has 0 N–H and O–H groups in total. The Bertz CT molecular complexity index is 1000. The van der Waals surface area contributed by atoms with E-state index in [1.165, 1.54) is 0 Å². The van der Waals surface area contributed by atoms with Crippen molar-refractivity contribution in [1.82, 2.24) is 0 Å². The third kappa shape index (κ3) is 6.78. The maximum Gasteiger partial charge on any atom is 0.460 e. The maximum absolute atomic E-state index is 13.5. The summed E-state index contributed by atoms with van der Waals surface area (Å²) in [6.45, 7) is 0. The van der Waals surface area contributed by atoms with E-state index in [0.717, 1.165) is 0 Å². The zero-order valence-corrected chi connectivity index (χ0v) is 20.8. The lowest BCUT2D eigenvalue weighted by atomic mass is 9.90. The number of methoxy groups -OCH3 is 2. The van der Waals surface area contributed by atoms with Crippen LogP contribution in [0.1, 0.15) is 0 Å². The van der Waals surface area contributed by atoms with Crippen LogP contribution < -0.4 is 0 Å². The van der Waals surface area contributed by atoms with Crippen molar-refractivity contribution < 1.29 is 137 Å². The number of Topliss-reactive ketones (excluding diaryl/α,β-unsaturated/α-hetero) is 1. The number of carbonyl (C=O) groups is 1. The van der Waals surface area contributed by atoms with E-state index < -0.39 is 97.9 Å². The third-order valence-corrected chi connectivity index (χ3v) is 4.97. The van der Waals surface area contributed by atoms with Gasteiger partial charge in [-0.25, -0.2) is 0 Å². The average Bonchev–Trinajstić information content (AvgIpc) is 2.81. The lowest BCUT2D eigenvalue weighted by Crippen LogP contribution is -2.77. The van der Waals surface area contributed by atoms with Crippen LogP contribution in [0.5, 0.6) is 0 Å². The lowest BCUT2D eigenvalue weighted by Gasteiger charge is -2.46. The van der Waals surface area contributed by atoms with E-state index >= 15 is 0 Å². The summed E-state index contributed by atoms with van der Waals surface area (Å²) in [5, 5.41) is 0. The molecule has 0 saturated carbocycles. The lowest BCUT2D eigenvalue weighted by molar-refractivity contribution is -0.500. The van der Waals surface area contributed by atoms with Gasteiger partial charge in [0.15, 0.2) is 0 Å². The summed E-state index contributed by atoms with van der Waals surface area (Å²) in [6, 6.07) is 0. The summed E-state index contributed by atoms with van der Waals surface area (Å²) in [5.41, 5.74) is 0. The Balaban J connectivity index is 0. The molecule has 0 aliphatic carbocycles. The molecule has 47 heavy (non-hydrogen) atoms. The van der Waals surface area contributed by atoms with Crippen molar-refractivity contribution in [3.63, 3.8) is 0 Å². The molecule has 0 atom stereocenters. The van der Waals surface area contributed by atoms with Crippen LogP contribution in [0.2, 0.25) is 0 Å². The zero-order valence-electron chi connectivity index (χ0n) is 20.8. The van der Waals surface area contributed by atoms with E-state index in [4.69, 9.17) is 0 Å². The number of carbonyl (C=O) groups excluding carboxylic acids is 1. The summed E-state index contributed by atoms with van der Waals surface area (Å²) in [5.74, 6) is -71.9. The van der Waals surface area contributed by atoms with Gasteiger partial charge < -0.3 is 9.47 Å². The number of halogens is 28. The molecule has 0 aromatic heterocycles. The van der Waals surface area contributed by atoms with Gasteiger partial charge in [0.25, 0.3) is 5.78 Å². The Morgan fingerprint density at radius 2 is 0.489 bits per heavy atom. The van der Waals surface area contributed by atoms with Crippen LogP contribution in [-0.4, -0.2) is 97.9 Å². The van der Waals surface area contributed by atoms with E-state index in [-0.39, 0.29) is 0 Å². The second-order valence-corrected chi connectivity index (χ2v) is 7.94. The molecule has 0 saturated heterocycles. The van der Waals surface area contributed by atoms with Crippen LogP contribution in [0, 0.1) is 0 Å². The first kappa shape index (κ1) is 46.7. The molecule has 31 heteroatoms. The van der Waals surface area contributed by atoms with E-state index in [1.54, 1.807) is 0 Å². The molecule has 0 bridgehead atoms. The molecule has 0 heterocycles. The molecular weight excluding hydrogens is 772 g/mol. The van der Waals surface area contributed by atoms with Crippen LogP contribution >= 0.6 is 0 Å². The molecule has 0 aliphatic heterocycles. The van der Waals surface area contributed by atoms with Gasteiger partial charge in [-0.2, -0.15) is 123 Å². The fourth-order valence-electron chi connectivity index (χ4n) is 2.40. The Kier molecular flexibility index (Phi) is 12.1. The van der Waals surface area contributed by atoms with Gasteiger partial charge in [0.2, 0.25) is 0 Å². The van der Waals surface area contributed by atoms with Crippen molar-refractivity contribution in [2.45, 2.75) is 77.9 Å². The van der Waals surface area contributed by atoms with Crippen molar-refractivity contribution in [1.29, 1.82) is 0 Å². The SMILES string of the molecule is COC(OC)(C(F)(F)C(F)(F)C(F)(F)F)C(F)(F)C(F)(F)C(F)(F)F.O=C(C(F)(F)C(F)(F)C(F)(F)F)C(F)(F)C(F)(F)C(F)(F)F. The minimum absolute atomic E-state index is 0.551. The quantitative estimate of drug-likeness (QED) is 0.164. The highest BCUT2D eigenvalue weighted by Crippen LogP contribution is 2.62. The average molecular weight is 778 g/mol. The Morgan fingerprint density at radius 1 is 0.319 bits per heavy atom. The highest BCUT2D eigenvalue weighted by atomic mass is 19.5. The Labute approximate surface area is 236 Å². The fraction of sp³-hybridized carbons (Fsp3) is 0.938. The largest absolute Gasteiger partial charge is 0.460 e. The van der Waals surface area contributed by atoms with E-state index in [2.05, 4.69) is 9.47 Å². The van der Waals surface area contributed by atoms with Crippen molar-refractivity contribution in [2.24, 2.45) is 0 Å². The smallest absolute Gasteiger partial charge is 0.343 e. The van der Waals surface area contributed by atoms with Crippen molar-refractivity contribution >= 4 is 5.78 Å². The minimum atomic E-state index is -7.61. The molecule has 0 amide bonds. The summed E-state index contributed by atoms with van der Waals surface area (Å²) < 4.78 is 352. The molecule has 0 rings (SSSR count). The molecule has 3 nitrogen and oxygen atoms in total. The van der Waals surface area contributed by atoms with Gasteiger partial charge >= 0.3 is 77.9 Å². The highest BCUT2D eigenvalue weighted by molar-refractivity contribution is 5.94. The predicted molar refractivity (Wildman–Crippen MR) is 85.6 cm³/mol. The van der Waals surface area contributed by atoms with Gasteiger partial charge in [-0.3, -0.25) is 4.79 Å². The van der Waals surface area contributed by atoms with Gasteiger partial charge in [0.1, 0.15) is 0 Å². The molecule has 0 aromatic carbocycles. The van der Waals surface area contributed by atoms with Gasteiger partial charge in [0, 0.05) is 14.2 Å². The number of hydrogen-bond acceptors (Lipinski definition) is 3. The zero-order chi connectivity index (χ0) is 39.5. The maximum atomic E-state index is 13.5. The number of rotatable bonds is 10. The van der Waals surface area contributed by atoms with Gasteiger partial charge in [0.05, 0.1) is 0 Å². The van der Waals surface area contributed by atoms with Crippen LogP contribution in [0.3, 0.4) is 0 Å².